The van der Waals surface area contributed by atoms with Crippen LogP contribution in [0.2, 0.25) is 10.6 Å². The predicted molar refractivity (Wildman–Crippen MR) is 134 cm³/mol. The summed E-state index contributed by atoms with van der Waals surface area (Å²) in [6.07, 6.45) is 3.12. The van der Waals surface area contributed by atoms with Gasteiger partial charge in [-0.15, -0.1) is 0 Å². The van der Waals surface area contributed by atoms with Gasteiger partial charge >= 0.3 is 14.4 Å². The third-order valence-electron chi connectivity index (χ3n) is 5.61. The summed E-state index contributed by atoms with van der Waals surface area (Å²) in [4.78, 5) is 4.73. The zero-order valence-corrected chi connectivity index (χ0v) is 19.9. The van der Waals surface area contributed by atoms with E-state index in [1.165, 1.54) is 38.5 Å². The Bertz CT molecular complexity index is 961. The van der Waals surface area contributed by atoms with Crippen molar-refractivity contribution in [2.24, 2.45) is 4.99 Å². The lowest BCUT2D eigenvalue weighted by Crippen LogP contribution is -2.24. The highest BCUT2D eigenvalue weighted by molar-refractivity contribution is 6.62. The first-order chi connectivity index (χ1) is 14.5. The van der Waals surface area contributed by atoms with Gasteiger partial charge in [0.2, 0.25) is 0 Å². The molecule has 0 unspecified atom stereocenters. The van der Waals surface area contributed by atoms with E-state index in [1.807, 2.05) is 6.21 Å². The quantitative estimate of drug-likeness (QED) is 0.285. The highest BCUT2D eigenvalue weighted by Crippen LogP contribution is 2.20. The van der Waals surface area contributed by atoms with Gasteiger partial charge in [-0.1, -0.05) is 79.9 Å². The van der Waals surface area contributed by atoms with Crippen molar-refractivity contribution < 1.29 is 0 Å². The molecule has 0 heterocycles. The second-order valence-corrected chi connectivity index (χ2v) is 11.4. The van der Waals surface area contributed by atoms with E-state index in [4.69, 9.17) is 4.99 Å². The highest BCUT2D eigenvalue weighted by atomic mass is 27.2. The molecular formula is C27H33AlN2. The number of aliphatic imine (C=N–C) groups is 1. The van der Waals surface area contributed by atoms with Gasteiger partial charge in [0.05, 0.1) is 5.69 Å². The van der Waals surface area contributed by atoms with Crippen molar-refractivity contribution in [1.29, 1.82) is 0 Å². The van der Waals surface area contributed by atoms with E-state index in [1.54, 1.807) is 0 Å². The molecule has 0 saturated carbocycles. The van der Waals surface area contributed by atoms with Crippen LogP contribution in [0, 0.1) is 6.92 Å². The van der Waals surface area contributed by atoms with Crippen LogP contribution in [0.5, 0.6) is 0 Å². The van der Waals surface area contributed by atoms with Gasteiger partial charge in [0, 0.05) is 11.9 Å². The smallest absolute Gasteiger partial charge is 0.411 e. The molecule has 0 atom stereocenters. The van der Waals surface area contributed by atoms with E-state index in [0.29, 0.717) is 5.92 Å². The molecule has 0 radical (unpaired) electrons. The van der Waals surface area contributed by atoms with Crippen LogP contribution in [0.25, 0.3) is 0 Å². The van der Waals surface area contributed by atoms with Crippen LogP contribution < -0.4 is 4.30 Å². The lowest BCUT2D eigenvalue weighted by molar-refractivity contribution is 0.867. The Kier molecular flexibility index (Phi) is 8.32. The van der Waals surface area contributed by atoms with Crippen LogP contribution in [-0.2, 0) is 6.42 Å². The molecule has 154 valence electrons. The first-order valence-electron chi connectivity index (χ1n) is 11.1. The summed E-state index contributed by atoms with van der Waals surface area (Å²) < 4.78 is 3.84. The lowest BCUT2D eigenvalue weighted by atomic mass is 10.0. The van der Waals surface area contributed by atoms with Gasteiger partial charge in [-0.25, -0.2) is 0 Å². The van der Waals surface area contributed by atoms with E-state index in [-0.39, 0.29) is 0 Å². The number of rotatable bonds is 9. The maximum atomic E-state index is 4.73. The molecule has 3 rings (SSSR count). The molecule has 0 fully saturated rings. The van der Waals surface area contributed by atoms with Gasteiger partial charge in [0.15, 0.2) is 0 Å². The first kappa shape index (κ1) is 22.3. The van der Waals surface area contributed by atoms with Crippen molar-refractivity contribution >= 4 is 32.0 Å². The number of nitrogens with one attached hydrogen (secondary N) is 1. The fourth-order valence-corrected chi connectivity index (χ4v) is 5.72. The number of hydrogen-bond donors (Lipinski definition) is 1. The van der Waals surface area contributed by atoms with E-state index in [0.717, 1.165) is 12.1 Å². The van der Waals surface area contributed by atoms with Crippen molar-refractivity contribution in [3.05, 3.63) is 95.1 Å². The van der Waals surface area contributed by atoms with Crippen molar-refractivity contribution in [3.63, 3.8) is 0 Å². The largest absolute Gasteiger partial charge is 0.476 e. The van der Waals surface area contributed by atoms with E-state index in [9.17, 15) is 0 Å². The molecule has 0 aromatic heterocycles. The van der Waals surface area contributed by atoms with Crippen molar-refractivity contribution in [2.75, 3.05) is 4.30 Å². The zero-order chi connectivity index (χ0) is 21.3. The average molecular weight is 413 g/mol. The second-order valence-electron chi connectivity index (χ2n) is 8.36. The van der Waals surface area contributed by atoms with Crippen LogP contribution in [0.3, 0.4) is 0 Å². The summed E-state index contributed by atoms with van der Waals surface area (Å²) in [5.74, 6) is 0.549. The Morgan fingerprint density at radius 1 is 0.967 bits per heavy atom. The molecule has 30 heavy (non-hydrogen) atoms. The van der Waals surface area contributed by atoms with Gasteiger partial charge in [0.25, 0.3) is 0 Å². The van der Waals surface area contributed by atoms with Gasteiger partial charge in [-0.3, -0.25) is 4.99 Å². The topological polar surface area (TPSA) is 24.4 Å². The number of nitrogens with zero attached hydrogens (tertiary/aromatic N) is 1. The summed E-state index contributed by atoms with van der Waals surface area (Å²) in [6.45, 7) is 8.90. The molecule has 3 aromatic rings. The molecule has 0 aliphatic rings. The van der Waals surface area contributed by atoms with Crippen LogP contribution in [0.15, 0.2) is 77.8 Å². The summed E-state index contributed by atoms with van der Waals surface area (Å²) in [5.41, 5.74) is 7.56. The number of anilines is 1. The zero-order valence-electron chi connectivity index (χ0n) is 18.7. The third kappa shape index (κ3) is 6.59. The molecule has 0 saturated heterocycles. The van der Waals surface area contributed by atoms with Gasteiger partial charge in [-0.05, 0) is 65.8 Å². The molecule has 0 amide bonds. The van der Waals surface area contributed by atoms with Crippen molar-refractivity contribution in [3.8, 4) is 0 Å². The Morgan fingerprint density at radius 2 is 1.73 bits per heavy atom. The molecular weight excluding hydrogens is 379 g/mol. The number of benzene rings is 3. The molecule has 3 aromatic carbocycles. The fraction of sp³-hybridized carbons (Fsp3) is 0.296. The monoisotopic (exact) mass is 412 g/mol. The van der Waals surface area contributed by atoms with Crippen LogP contribution >= 0.6 is 0 Å². The van der Waals surface area contributed by atoms with E-state index in [2.05, 4.69) is 105 Å². The summed E-state index contributed by atoms with van der Waals surface area (Å²) in [7, 11) is 0. The molecule has 0 bridgehead atoms. The molecule has 0 spiro atoms. The normalized spacial score (nSPS) is 11.2. The Morgan fingerprint density at radius 3 is 2.43 bits per heavy atom. The van der Waals surface area contributed by atoms with Crippen molar-refractivity contribution in [2.45, 2.75) is 50.6 Å². The predicted octanol–water partition coefficient (Wildman–Crippen LogP) is 7.54. The number of hydrogen-bond acceptors (Lipinski definition) is 2. The Labute approximate surface area is 186 Å². The van der Waals surface area contributed by atoms with Crippen molar-refractivity contribution in [1.82, 2.24) is 0 Å². The second kappa shape index (κ2) is 11.2. The minimum atomic E-state index is -1.04. The molecule has 1 N–H and O–H groups in total. The molecule has 0 aliphatic carbocycles. The summed E-state index contributed by atoms with van der Waals surface area (Å²) in [5, 5.41) is 2.48. The van der Waals surface area contributed by atoms with Crippen LogP contribution in [0.4, 0.5) is 11.4 Å². The number of aryl methyl sites for hydroxylation is 2. The van der Waals surface area contributed by atoms with E-state index >= 15 is 0 Å². The summed E-state index contributed by atoms with van der Waals surface area (Å²) >= 11 is -1.04. The fourth-order valence-electron chi connectivity index (χ4n) is 3.66. The molecule has 0 aliphatic heterocycles. The Balaban J connectivity index is 1.65. The van der Waals surface area contributed by atoms with E-state index < -0.39 is 14.4 Å². The van der Waals surface area contributed by atoms with Gasteiger partial charge in [0.1, 0.15) is 0 Å². The first-order valence-corrected chi connectivity index (χ1v) is 13.3. The lowest BCUT2D eigenvalue weighted by Gasteiger charge is -2.14. The highest BCUT2D eigenvalue weighted by Gasteiger charge is 2.17. The van der Waals surface area contributed by atoms with Gasteiger partial charge < -0.3 is 4.30 Å². The van der Waals surface area contributed by atoms with Gasteiger partial charge in [-0.2, -0.15) is 0 Å². The Hall–Kier alpha value is -2.34. The SMILES string of the molecule is C[CH2][Al]([CH2]Cc1ccccc1C=Nc1ccc(C(C)C)cc1)[NH]c1cccc(C)c1. The standard InChI is InChI=1S/C18H20N.C7H8N.C2H5.Al/c1-4-15-7-5-6-8-17(15)13-19-18-11-9-16(10-12-18)14(2)3;1-6-3-2-4-7(8)5-6;1-2;/h5-14H,1,4H2,2-3H3;2-5,8H,1H3;1H2,2H3;/q;-1;;+1. The minimum absolute atomic E-state index is 0.549. The van der Waals surface area contributed by atoms with Crippen LogP contribution in [0.1, 0.15) is 48.9 Å². The van der Waals surface area contributed by atoms with Crippen LogP contribution in [-0.4, -0.2) is 20.6 Å². The average Bonchev–Trinajstić information content (AvgIpc) is 2.76. The summed E-state index contributed by atoms with van der Waals surface area (Å²) in [6, 6.07) is 26.0. The minimum Gasteiger partial charge on any atom is -0.476 e. The molecule has 2 nitrogen and oxygen atoms in total. The molecule has 3 heteroatoms. The third-order valence-corrected chi connectivity index (χ3v) is 8.32. The maximum Gasteiger partial charge on any atom is 0.411 e. The maximum absolute atomic E-state index is 4.73.